The van der Waals surface area contributed by atoms with Crippen molar-refractivity contribution in [2.45, 2.75) is 33.2 Å². The van der Waals surface area contributed by atoms with Gasteiger partial charge in [0.2, 0.25) is 0 Å². The van der Waals surface area contributed by atoms with Crippen LogP contribution in [0.2, 0.25) is 0 Å². The van der Waals surface area contributed by atoms with Crippen LogP contribution in [0.3, 0.4) is 0 Å². The van der Waals surface area contributed by atoms with Gasteiger partial charge in [0.25, 0.3) is 0 Å². The van der Waals surface area contributed by atoms with Crippen LogP contribution in [0.5, 0.6) is 0 Å². The predicted octanol–water partition coefficient (Wildman–Crippen LogP) is 1.63. The Kier molecular flexibility index (Phi) is 7.25. The van der Waals surface area contributed by atoms with Crippen LogP contribution in [0.25, 0.3) is 0 Å². The fourth-order valence-electron chi connectivity index (χ4n) is 2.26. The zero-order chi connectivity index (χ0) is 13.7. The van der Waals surface area contributed by atoms with Crippen LogP contribution in [0.1, 0.15) is 32.5 Å². The van der Waals surface area contributed by atoms with Crippen LogP contribution in [-0.2, 0) is 13.6 Å². The van der Waals surface area contributed by atoms with E-state index in [1.165, 1.54) is 12.8 Å². The van der Waals surface area contributed by atoms with Crippen molar-refractivity contribution in [1.82, 2.24) is 25.0 Å². The van der Waals surface area contributed by atoms with Crippen molar-refractivity contribution >= 4 is 29.9 Å². The number of hydrogen-bond donors (Lipinski definition) is 1. The number of aryl methyl sites for hydroxylation is 1. The normalized spacial score (nSPS) is 16.9. The number of piperidine rings is 1. The van der Waals surface area contributed by atoms with Crippen molar-refractivity contribution in [2.75, 3.05) is 19.6 Å². The van der Waals surface area contributed by atoms with Crippen molar-refractivity contribution in [1.29, 1.82) is 0 Å². The van der Waals surface area contributed by atoms with Crippen molar-refractivity contribution in [3.05, 3.63) is 12.2 Å². The largest absolute Gasteiger partial charge is 0.357 e. The standard InChI is InChI=1S/C13H24N6.HI/c1-4-14-13(19-7-5-11(2)6-8-19)15-9-12-16-10-17-18(12)3;/h10-11H,4-9H2,1-3H3,(H,14,15);1H. The highest BCUT2D eigenvalue weighted by Crippen LogP contribution is 2.16. The molecule has 1 aliphatic heterocycles. The van der Waals surface area contributed by atoms with E-state index in [1.54, 1.807) is 11.0 Å². The first-order valence-corrected chi connectivity index (χ1v) is 7.06. The lowest BCUT2D eigenvalue weighted by atomic mass is 10.00. The van der Waals surface area contributed by atoms with E-state index in [9.17, 15) is 0 Å². The molecule has 0 atom stereocenters. The third-order valence-electron chi connectivity index (χ3n) is 3.59. The monoisotopic (exact) mass is 392 g/mol. The number of guanidine groups is 1. The van der Waals surface area contributed by atoms with E-state index in [0.717, 1.165) is 37.3 Å². The highest BCUT2D eigenvalue weighted by Gasteiger charge is 2.18. The van der Waals surface area contributed by atoms with Crippen molar-refractivity contribution < 1.29 is 0 Å². The number of nitrogens with zero attached hydrogens (tertiary/aromatic N) is 5. The summed E-state index contributed by atoms with van der Waals surface area (Å²) in [5.74, 6) is 2.72. The van der Waals surface area contributed by atoms with Crippen LogP contribution in [-0.4, -0.2) is 45.3 Å². The van der Waals surface area contributed by atoms with Crippen LogP contribution < -0.4 is 5.32 Å². The van der Waals surface area contributed by atoms with Crippen LogP contribution >= 0.6 is 24.0 Å². The van der Waals surface area contributed by atoms with Crippen LogP contribution in [0.15, 0.2) is 11.3 Å². The summed E-state index contributed by atoms with van der Waals surface area (Å²) in [4.78, 5) is 11.2. The van der Waals surface area contributed by atoms with Gasteiger partial charge in [-0.2, -0.15) is 5.10 Å². The zero-order valence-corrected chi connectivity index (χ0v) is 14.9. The van der Waals surface area contributed by atoms with Crippen LogP contribution in [0, 0.1) is 5.92 Å². The van der Waals surface area contributed by atoms with Gasteiger partial charge in [-0.3, -0.25) is 4.68 Å². The maximum Gasteiger partial charge on any atom is 0.194 e. The van der Waals surface area contributed by atoms with Gasteiger partial charge in [0.1, 0.15) is 18.7 Å². The Hall–Kier alpha value is -0.860. The van der Waals surface area contributed by atoms with Gasteiger partial charge in [-0.25, -0.2) is 9.98 Å². The van der Waals surface area contributed by atoms with Gasteiger partial charge < -0.3 is 10.2 Å². The average Bonchev–Trinajstić information content (AvgIpc) is 2.81. The minimum absolute atomic E-state index is 0. The predicted molar refractivity (Wildman–Crippen MR) is 91.2 cm³/mol. The molecule has 2 rings (SSSR count). The summed E-state index contributed by atoms with van der Waals surface area (Å²) in [5.41, 5.74) is 0. The fourth-order valence-corrected chi connectivity index (χ4v) is 2.26. The summed E-state index contributed by atoms with van der Waals surface area (Å²) in [5, 5.41) is 7.43. The van der Waals surface area contributed by atoms with Gasteiger partial charge in [0.05, 0.1) is 0 Å². The number of hydrogen-bond acceptors (Lipinski definition) is 3. The molecule has 0 aromatic carbocycles. The summed E-state index contributed by atoms with van der Waals surface area (Å²) in [6.45, 7) is 8.07. The summed E-state index contributed by atoms with van der Waals surface area (Å²) in [6.07, 6.45) is 4.06. The first-order chi connectivity index (χ1) is 9.20. The van der Waals surface area contributed by atoms with E-state index in [2.05, 4.69) is 39.1 Å². The number of aliphatic imine (C=N–C) groups is 1. The highest BCUT2D eigenvalue weighted by molar-refractivity contribution is 14.0. The molecular formula is C13H25IN6. The number of aromatic nitrogens is 3. The lowest BCUT2D eigenvalue weighted by Gasteiger charge is -2.32. The molecule has 0 unspecified atom stereocenters. The molecule has 0 amide bonds. The van der Waals surface area contributed by atoms with E-state index < -0.39 is 0 Å². The van der Waals surface area contributed by atoms with Gasteiger partial charge >= 0.3 is 0 Å². The Balaban J connectivity index is 0.00000200. The third kappa shape index (κ3) is 4.60. The summed E-state index contributed by atoms with van der Waals surface area (Å²) in [7, 11) is 1.90. The second kappa shape index (κ2) is 8.43. The van der Waals surface area contributed by atoms with Gasteiger partial charge in [0.15, 0.2) is 5.96 Å². The summed E-state index contributed by atoms with van der Waals surface area (Å²) >= 11 is 0. The van der Waals surface area contributed by atoms with Gasteiger partial charge in [-0.05, 0) is 25.7 Å². The van der Waals surface area contributed by atoms with Crippen LogP contribution in [0.4, 0.5) is 0 Å². The Bertz CT molecular complexity index is 422. The Morgan fingerprint density at radius 2 is 2.15 bits per heavy atom. The molecule has 0 bridgehead atoms. The average molecular weight is 392 g/mol. The molecule has 0 radical (unpaired) electrons. The summed E-state index contributed by atoms with van der Waals surface area (Å²) in [6, 6.07) is 0. The molecule has 1 saturated heterocycles. The number of likely N-dealkylation sites (tertiary alicyclic amines) is 1. The molecule has 20 heavy (non-hydrogen) atoms. The van der Waals surface area contributed by atoms with E-state index in [-0.39, 0.29) is 24.0 Å². The molecule has 0 saturated carbocycles. The Morgan fingerprint density at radius 1 is 1.45 bits per heavy atom. The molecule has 1 N–H and O–H groups in total. The molecule has 1 fully saturated rings. The van der Waals surface area contributed by atoms with E-state index in [1.807, 2.05) is 7.05 Å². The smallest absolute Gasteiger partial charge is 0.194 e. The fraction of sp³-hybridized carbons (Fsp3) is 0.769. The van der Waals surface area contributed by atoms with Gasteiger partial charge in [-0.1, -0.05) is 6.92 Å². The first-order valence-electron chi connectivity index (χ1n) is 7.06. The molecular weight excluding hydrogens is 367 g/mol. The van der Waals surface area contributed by atoms with Crippen molar-refractivity contribution in [2.24, 2.45) is 18.0 Å². The summed E-state index contributed by atoms with van der Waals surface area (Å²) < 4.78 is 1.77. The Morgan fingerprint density at radius 3 is 2.70 bits per heavy atom. The van der Waals surface area contributed by atoms with E-state index >= 15 is 0 Å². The van der Waals surface area contributed by atoms with E-state index in [0.29, 0.717) is 6.54 Å². The Labute approximate surface area is 138 Å². The zero-order valence-electron chi connectivity index (χ0n) is 12.5. The SMILES string of the molecule is CCNC(=NCc1ncnn1C)N1CCC(C)CC1.I. The molecule has 0 aliphatic carbocycles. The number of nitrogens with one attached hydrogen (secondary N) is 1. The van der Waals surface area contributed by atoms with Crippen molar-refractivity contribution in [3.8, 4) is 0 Å². The second-order valence-corrected chi connectivity index (χ2v) is 5.14. The highest BCUT2D eigenvalue weighted by atomic mass is 127. The number of halogens is 1. The lowest BCUT2D eigenvalue weighted by molar-refractivity contribution is 0.273. The number of rotatable bonds is 3. The molecule has 1 aromatic rings. The minimum atomic E-state index is 0. The molecule has 1 aromatic heterocycles. The minimum Gasteiger partial charge on any atom is -0.357 e. The molecule has 0 spiro atoms. The van der Waals surface area contributed by atoms with E-state index in [4.69, 9.17) is 0 Å². The quantitative estimate of drug-likeness (QED) is 0.483. The maximum atomic E-state index is 4.67. The van der Waals surface area contributed by atoms with Gasteiger partial charge in [-0.15, -0.1) is 24.0 Å². The molecule has 7 heteroatoms. The topological polar surface area (TPSA) is 58.3 Å². The lowest BCUT2D eigenvalue weighted by Crippen LogP contribution is -2.45. The molecule has 114 valence electrons. The second-order valence-electron chi connectivity index (χ2n) is 5.14. The molecule has 6 nitrogen and oxygen atoms in total. The molecule has 2 heterocycles. The third-order valence-corrected chi connectivity index (χ3v) is 3.59. The van der Waals surface area contributed by atoms with Gasteiger partial charge in [0, 0.05) is 26.7 Å². The molecule has 1 aliphatic rings. The first kappa shape index (κ1) is 17.2. The maximum absolute atomic E-state index is 4.67. The van der Waals surface area contributed by atoms with Crippen molar-refractivity contribution in [3.63, 3.8) is 0 Å².